The standard InChI is InChI=1S/C19H30ClO3Si/c1-18(2,3)22-17(21)13-16(14-10-9-11-15(20)12-14)23-24(7,8)19(4,5)6/h9-13,16H,1-8H3/t16-/m1/s1. The number of hydrogen-bond donors (Lipinski definition) is 0. The first kappa shape index (κ1) is 21.2. The minimum Gasteiger partial charge on any atom is -0.460 e. The van der Waals surface area contributed by atoms with Crippen molar-refractivity contribution in [3.05, 3.63) is 41.3 Å². The molecule has 0 N–H and O–H groups in total. The Hall–Kier alpha value is -0.843. The predicted molar refractivity (Wildman–Crippen MR) is 103 cm³/mol. The number of carbonyl (C=O) groups excluding carboxylic acids is 1. The lowest BCUT2D eigenvalue weighted by atomic mass is 10.1. The van der Waals surface area contributed by atoms with Crippen molar-refractivity contribution in [1.29, 1.82) is 0 Å². The lowest BCUT2D eigenvalue weighted by Gasteiger charge is -2.39. The van der Waals surface area contributed by atoms with Crippen molar-refractivity contribution < 1.29 is 14.0 Å². The smallest absolute Gasteiger partial charge is 0.313 e. The van der Waals surface area contributed by atoms with Gasteiger partial charge in [-0.05, 0) is 56.6 Å². The van der Waals surface area contributed by atoms with Gasteiger partial charge in [-0.25, -0.2) is 0 Å². The van der Waals surface area contributed by atoms with Crippen molar-refractivity contribution in [3.63, 3.8) is 0 Å². The monoisotopic (exact) mass is 369 g/mol. The zero-order valence-electron chi connectivity index (χ0n) is 16.1. The molecule has 0 heterocycles. The van der Waals surface area contributed by atoms with Crippen molar-refractivity contribution in [2.45, 2.75) is 71.4 Å². The molecule has 0 aliphatic carbocycles. The second kappa shape index (κ2) is 7.59. The van der Waals surface area contributed by atoms with Gasteiger partial charge < -0.3 is 9.16 Å². The summed E-state index contributed by atoms with van der Waals surface area (Å²) in [4.78, 5) is 12.3. The molecule has 1 aromatic rings. The number of benzene rings is 1. The highest BCUT2D eigenvalue weighted by Crippen LogP contribution is 2.40. The summed E-state index contributed by atoms with van der Waals surface area (Å²) in [5.41, 5.74) is 0.321. The van der Waals surface area contributed by atoms with Crippen LogP contribution in [0.25, 0.3) is 0 Å². The maximum atomic E-state index is 12.3. The van der Waals surface area contributed by atoms with Crippen LogP contribution in [0, 0.1) is 6.42 Å². The predicted octanol–water partition coefficient (Wildman–Crippen LogP) is 5.95. The van der Waals surface area contributed by atoms with Crippen LogP contribution in [0.4, 0.5) is 0 Å². The lowest BCUT2D eigenvalue weighted by Crippen LogP contribution is -2.42. The van der Waals surface area contributed by atoms with Crippen LogP contribution in [0.1, 0.15) is 53.2 Å². The number of ether oxygens (including phenoxy) is 1. The Bertz CT molecular complexity index is 571. The molecule has 1 radical (unpaired) electrons. The molecule has 1 aromatic carbocycles. The molecule has 5 heteroatoms. The molecule has 0 aliphatic rings. The van der Waals surface area contributed by atoms with E-state index < -0.39 is 20.0 Å². The van der Waals surface area contributed by atoms with Crippen molar-refractivity contribution in [3.8, 4) is 0 Å². The van der Waals surface area contributed by atoms with Gasteiger partial charge in [-0.1, -0.05) is 44.5 Å². The molecule has 0 saturated heterocycles. The van der Waals surface area contributed by atoms with Crippen molar-refractivity contribution in [2.75, 3.05) is 0 Å². The summed E-state index contributed by atoms with van der Waals surface area (Å²) >= 11 is 6.12. The van der Waals surface area contributed by atoms with Crippen LogP contribution in [0.5, 0.6) is 0 Å². The van der Waals surface area contributed by atoms with E-state index in [1.807, 2.05) is 45.0 Å². The summed E-state index contributed by atoms with van der Waals surface area (Å²) in [6.07, 6.45) is 1.04. The number of carbonyl (C=O) groups is 1. The van der Waals surface area contributed by atoms with Crippen LogP contribution >= 0.6 is 11.6 Å². The van der Waals surface area contributed by atoms with E-state index in [0.717, 1.165) is 5.56 Å². The maximum absolute atomic E-state index is 12.3. The van der Waals surface area contributed by atoms with Gasteiger partial charge >= 0.3 is 5.97 Å². The first-order valence-corrected chi connectivity index (χ1v) is 11.5. The highest BCUT2D eigenvalue weighted by Gasteiger charge is 2.40. The Labute approximate surface area is 152 Å². The molecule has 0 bridgehead atoms. The fourth-order valence-corrected chi connectivity index (χ4v) is 3.23. The Morgan fingerprint density at radius 1 is 1.17 bits per heavy atom. The van der Waals surface area contributed by atoms with E-state index in [0.29, 0.717) is 5.02 Å². The van der Waals surface area contributed by atoms with Crippen molar-refractivity contribution in [1.82, 2.24) is 0 Å². The molecule has 135 valence electrons. The van der Waals surface area contributed by atoms with E-state index in [-0.39, 0.29) is 11.0 Å². The third kappa shape index (κ3) is 6.58. The van der Waals surface area contributed by atoms with Crippen molar-refractivity contribution in [2.24, 2.45) is 0 Å². The van der Waals surface area contributed by atoms with Crippen molar-refractivity contribution >= 4 is 25.9 Å². The van der Waals surface area contributed by atoms with E-state index in [1.165, 1.54) is 6.42 Å². The molecule has 0 amide bonds. The number of rotatable bonds is 5. The molecule has 1 rings (SSSR count). The normalized spacial score (nSPS) is 14.4. The van der Waals surface area contributed by atoms with E-state index in [4.69, 9.17) is 20.8 Å². The van der Waals surface area contributed by atoms with E-state index in [1.54, 1.807) is 0 Å². The lowest BCUT2D eigenvalue weighted by molar-refractivity contribution is -0.151. The fourth-order valence-electron chi connectivity index (χ4n) is 1.84. The third-order valence-corrected chi connectivity index (χ3v) is 8.79. The number of halogens is 1. The third-order valence-electron chi connectivity index (χ3n) is 4.10. The summed E-state index contributed by atoms with van der Waals surface area (Å²) in [6.45, 7) is 16.4. The van der Waals surface area contributed by atoms with Gasteiger partial charge in [0.15, 0.2) is 8.32 Å². The Morgan fingerprint density at radius 3 is 2.21 bits per heavy atom. The average Bonchev–Trinajstić information content (AvgIpc) is 2.33. The quantitative estimate of drug-likeness (QED) is 0.475. The fraction of sp³-hybridized carbons (Fsp3) is 0.579. The topological polar surface area (TPSA) is 35.5 Å². The zero-order valence-corrected chi connectivity index (χ0v) is 17.8. The first-order valence-electron chi connectivity index (χ1n) is 8.22. The molecule has 0 spiro atoms. The molecule has 24 heavy (non-hydrogen) atoms. The summed E-state index contributed by atoms with van der Waals surface area (Å²) in [7, 11) is -2.08. The van der Waals surface area contributed by atoms with Crippen LogP contribution in [-0.4, -0.2) is 19.9 Å². The second-order valence-corrected chi connectivity index (χ2v) is 13.7. The first-order chi connectivity index (χ1) is 10.7. The van der Waals surface area contributed by atoms with Gasteiger partial charge in [0.2, 0.25) is 0 Å². The van der Waals surface area contributed by atoms with Gasteiger partial charge in [0.25, 0.3) is 0 Å². The minimum atomic E-state index is -2.08. The molecular weight excluding hydrogens is 340 g/mol. The van der Waals surface area contributed by atoms with Gasteiger partial charge in [-0.15, -0.1) is 0 Å². The van der Waals surface area contributed by atoms with Gasteiger partial charge in [0.05, 0.1) is 6.10 Å². The van der Waals surface area contributed by atoms with E-state index in [2.05, 4.69) is 33.9 Å². The molecule has 0 fully saturated rings. The van der Waals surface area contributed by atoms with Crippen LogP contribution < -0.4 is 0 Å². The minimum absolute atomic E-state index is 0.0333. The number of esters is 1. The van der Waals surface area contributed by atoms with Crippen LogP contribution in [0.3, 0.4) is 0 Å². The molecule has 0 aromatic heterocycles. The maximum Gasteiger partial charge on any atom is 0.313 e. The molecule has 3 nitrogen and oxygen atoms in total. The Kier molecular flexibility index (Phi) is 6.70. The van der Waals surface area contributed by atoms with E-state index >= 15 is 0 Å². The average molecular weight is 370 g/mol. The van der Waals surface area contributed by atoms with Crippen LogP contribution in [0.2, 0.25) is 23.2 Å². The zero-order chi connectivity index (χ0) is 18.8. The second-order valence-electron chi connectivity index (χ2n) is 8.55. The van der Waals surface area contributed by atoms with Gasteiger partial charge in [-0.3, -0.25) is 4.79 Å². The summed E-state index contributed by atoms with van der Waals surface area (Å²) in [5, 5.41) is 0.653. The SMILES string of the molecule is CC(C)(C)OC(=O)[CH][C@@H](O[Si](C)(C)C(C)(C)C)c1cccc(Cl)c1. The summed E-state index contributed by atoms with van der Waals surface area (Å²) in [6, 6.07) is 7.43. The van der Waals surface area contributed by atoms with Crippen LogP contribution in [-0.2, 0) is 14.0 Å². The van der Waals surface area contributed by atoms with Crippen LogP contribution in [0.15, 0.2) is 24.3 Å². The molecular formula is C19H30ClO3Si. The number of hydrogen-bond acceptors (Lipinski definition) is 3. The highest BCUT2D eigenvalue weighted by molar-refractivity contribution is 6.74. The Balaban J connectivity index is 3.07. The van der Waals surface area contributed by atoms with Gasteiger partial charge in [0.1, 0.15) is 12.0 Å². The summed E-state index contributed by atoms with van der Waals surface area (Å²) in [5.74, 6) is -0.383. The summed E-state index contributed by atoms with van der Waals surface area (Å²) < 4.78 is 11.9. The molecule has 1 atom stereocenters. The molecule has 0 saturated carbocycles. The largest absolute Gasteiger partial charge is 0.460 e. The van der Waals surface area contributed by atoms with Gasteiger partial charge in [-0.2, -0.15) is 0 Å². The van der Waals surface area contributed by atoms with E-state index in [9.17, 15) is 4.79 Å². The molecule has 0 unspecified atom stereocenters. The van der Waals surface area contributed by atoms with Gasteiger partial charge in [0, 0.05) is 5.02 Å². The molecule has 0 aliphatic heterocycles. The Morgan fingerprint density at radius 2 is 1.75 bits per heavy atom. The highest BCUT2D eigenvalue weighted by atomic mass is 35.5.